The molecule has 214 valence electrons. The Morgan fingerprint density at radius 2 is 1.65 bits per heavy atom. The number of benzene rings is 2. The van der Waals surface area contributed by atoms with E-state index in [0.29, 0.717) is 22.7 Å². The van der Waals surface area contributed by atoms with Crippen LogP contribution in [0.2, 0.25) is 0 Å². The van der Waals surface area contributed by atoms with E-state index in [4.69, 9.17) is 0 Å². The number of halogens is 6. The summed E-state index contributed by atoms with van der Waals surface area (Å²) in [5.41, 5.74) is -0.875. The van der Waals surface area contributed by atoms with Gasteiger partial charge in [-0.2, -0.15) is 31.4 Å². The van der Waals surface area contributed by atoms with Gasteiger partial charge in [0.15, 0.2) is 5.69 Å². The van der Waals surface area contributed by atoms with Crippen molar-refractivity contribution in [3.05, 3.63) is 93.4 Å². The normalized spacial score (nSPS) is 13.4. The van der Waals surface area contributed by atoms with Gasteiger partial charge in [0.1, 0.15) is 0 Å². The highest BCUT2D eigenvalue weighted by atomic mass is 19.4. The summed E-state index contributed by atoms with van der Waals surface area (Å²) in [7, 11) is 1.25. The van der Waals surface area contributed by atoms with E-state index in [1.54, 1.807) is 18.2 Å². The second-order valence-electron chi connectivity index (χ2n) is 9.03. The van der Waals surface area contributed by atoms with Crippen LogP contribution in [0.3, 0.4) is 0 Å². The lowest BCUT2D eigenvalue weighted by Crippen LogP contribution is -2.34. The number of hydrogen-bond donors (Lipinski definition) is 1. The molecule has 1 aromatic heterocycles. The van der Waals surface area contributed by atoms with Crippen molar-refractivity contribution in [2.24, 2.45) is 5.92 Å². The molecule has 0 saturated heterocycles. The molecule has 1 amide bonds. The summed E-state index contributed by atoms with van der Waals surface area (Å²) in [5, 5.41) is 5.81. The minimum absolute atomic E-state index is 0.0114. The largest absolute Gasteiger partial charge is 0.469 e. The maximum atomic E-state index is 13.7. The van der Waals surface area contributed by atoms with Gasteiger partial charge < -0.3 is 10.1 Å². The van der Waals surface area contributed by atoms with Crippen molar-refractivity contribution in [2.45, 2.75) is 44.6 Å². The van der Waals surface area contributed by atoms with Crippen molar-refractivity contribution in [3.8, 4) is 0 Å². The molecular weight excluding hydrogens is 544 g/mol. The molecule has 40 heavy (non-hydrogen) atoms. The number of nitrogens with one attached hydrogen (secondary N) is 1. The van der Waals surface area contributed by atoms with Gasteiger partial charge >= 0.3 is 18.3 Å². The first-order valence-corrected chi connectivity index (χ1v) is 12.0. The van der Waals surface area contributed by atoms with Crippen molar-refractivity contribution in [2.75, 3.05) is 12.4 Å². The average molecular weight is 570 g/mol. The molecule has 0 fully saturated rings. The van der Waals surface area contributed by atoms with E-state index in [-0.39, 0.29) is 29.8 Å². The first-order valence-electron chi connectivity index (χ1n) is 12.0. The molecule has 3 rings (SSSR count). The van der Waals surface area contributed by atoms with E-state index >= 15 is 0 Å². The van der Waals surface area contributed by atoms with Crippen molar-refractivity contribution in [3.63, 3.8) is 0 Å². The van der Waals surface area contributed by atoms with Crippen molar-refractivity contribution in [1.29, 1.82) is 0 Å². The minimum atomic E-state index is -4.77. The van der Waals surface area contributed by atoms with Gasteiger partial charge in [-0.1, -0.05) is 43.3 Å². The van der Waals surface area contributed by atoms with Crippen LogP contribution in [-0.4, -0.2) is 34.9 Å². The van der Waals surface area contributed by atoms with E-state index in [0.717, 1.165) is 13.0 Å². The summed E-state index contributed by atoms with van der Waals surface area (Å²) in [6.07, 6.45) is -9.12. The van der Waals surface area contributed by atoms with Crippen molar-refractivity contribution < 1.29 is 40.7 Å². The van der Waals surface area contributed by atoms with E-state index in [1.165, 1.54) is 37.4 Å². The van der Waals surface area contributed by atoms with Gasteiger partial charge in [0.25, 0.3) is 5.56 Å². The lowest BCUT2D eigenvalue weighted by molar-refractivity contribution is -0.178. The van der Waals surface area contributed by atoms with E-state index in [1.807, 2.05) is 0 Å². The number of aromatic nitrogens is 2. The fourth-order valence-corrected chi connectivity index (χ4v) is 3.95. The van der Waals surface area contributed by atoms with Crippen LogP contribution in [0.5, 0.6) is 0 Å². The number of alkyl halides is 6. The molecule has 0 aliphatic carbocycles. The Morgan fingerprint density at radius 3 is 2.25 bits per heavy atom. The van der Waals surface area contributed by atoms with E-state index in [2.05, 4.69) is 15.2 Å². The Labute approximate surface area is 224 Å². The third kappa shape index (κ3) is 7.93. The summed E-state index contributed by atoms with van der Waals surface area (Å²) in [5.74, 6) is -5.13. The molecule has 13 heteroatoms. The predicted octanol–water partition coefficient (Wildman–Crippen LogP) is 5.34. The summed E-state index contributed by atoms with van der Waals surface area (Å²) in [6.45, 7) is 0.504. The van der Waals surface area contributed by atoms with Crippen molar-refractivity contribution in [1.82, 2.24) is 9.78 Å². The van der Waals surface area contributed by atoms with E-state index in [9.17, 15) is 40.7 Å². The Hall–Kier alpha value is -4.16. The van der Waals surface area contributed by atoms with Crippen LogP contribution >= 0.6 is 0 Å². The average Bonchev–Trinajstić information content (AvgIpc) is 2.88. The van der Waals surface area contributed by atoms with Gasteiger partial charge in [-0.15, -0.1) is 0 Å². The number of hydrogen-bond acceptors (Lipinski definition) is 5. The molecule has 1 N–H and O–H groups in total. The number of carbonyl (C=O) groups is 2. The molecule has 0 aliphatic heterocycles. The maximum Gasteiger partial charge on any atom is 0.435 e. The molecule has 0 bridgehead atoms. The lowest BCUT2D eigenvalue weighted by atomic mass is 9.85. The van der Waals surface area contributed by atoms with Crippen molar-refractivity contribution >= 4 is 17.6 Å². The van der Waals surface area contributed by atoms with Crippen LogP contribution in [0.4, 0.5) is 32.0 Å². The second kappa shape index (κ2) is 12.3. The summed E-state index contributed by atoms with van der Waals surface area (Å²) in [6, 6.07) is 12.7. The van der Waals surface area contributed by atoms with Crippen LogP contribution < -0.4 is 10.9 Å². The second-order valence-corrected chi connectivity index (χ2v) is 9.03. The Bertz CT molecular complexity index is 1400. The number of ether oxygens (including phenoxy) is 1. The number of anilines is 1. The Balaban J connectivity index is 1.84. The zero-order valence-electron chi connectivity index (χ0n) is 21.3. The number of amides is 1. The SMILES string of the molecule is COC(=O)CCc1cccc(NC(=O)C(c2ccc(Cn3nc(C(F)(F)F)ccc3=O)cc2)C(C)C(F)(F)F)c1. The predicted molar refractivity (Wildman–Crippen MR) is 132 cm³/mol. The molecule has 7 nitrogen and oxygen atoms in total. The smallest absolute Gasteiger partial charge is 0.435 e. The van der Waals surface area contributed by atoms with E-state index < -0.39 is 47.3 Å². The molecule has 2 unspecified atom stereocenters. The summed E-state index contributed by atoms with van der Waals surface area (Å²) < 4.78 is 85.3. The summed E-state index contributed by atoms with van der Waals surface area (Å²) >= 11 is 0. The fraction of sp³-hybridized carbons (Fsp3) is 0.333. The Morgan fingerprint density at radius 1 is 0.975 bits per heavy atom. The van der Waals surface area contributed by atoms with Crippen LogP contribution in [-0.2, 0) is 33.5 Å². The van der Waals surface area contributed by atoms with Crippen LogP contribution in [0, 0.1) is 5.92 Å². The minimum Gasteiger partial charge on any atom is -0.469 e. The topological polar surface area (TPSA) is 90.3 Å². The zero-order chi connectivity index (χ0) is 29.7. The molecule has 0 saturated carbocycles. The number of nitrogens with zero attached hydrogens (tertiary/aromatic N) is 2. The number of rotatable bonds is 9. The van der Waals surface area contributed by atoms with Gasteiger partial charge in [0, 0.05) is 18.2 Å². The number of aryl methyl sites for hydroxylation is 1. The molecule has 2 aromatic carbocycles. The number of esters is 1. The van der Waals surface area contributed by atoms with Gasteiger partial charge in [-0.25, -0.2) is 4.68 Å². The zero-order valence-corrected chi connectivity index (χ0v) is 21.3. The highest BCUT2D eigenvalue weighted by Crippen LogP contribution is 2.38. The molecule has 0 spiro atoms. The lowest BCUT2D eigenvalue weighted by Gasteiger charge is -2.26. The summed E-state index contributed by atoms with van der Waals surface area (Å²) in [4.78, 5) is 36.5. The third-order valence-corrected chi connectivity index (χ3v) is 6.17. The first-order chi connectivity index (χ1) is 18.7. The van der Waals surface area contributed by atoms with Crippen LogP contribution in [0.25, 0.3) is 0 Å². The van der Waals surface area contributed by atoms with Gasteiger partial charge in [-0.3, -0.25) is 14.4 Å². The third-order valence-electron chi connectivity index (χ3n) is 6.17. The maximum absolute atomic E-state index is 13.7. The molecule has 0 aliphatic rings. The van der Waals surface area contributed by atoms with Gasteiger partial charge in [0.2, 0.25) is 5.91 Å². The van der Waals surface area contributed by atoms with Gasteiger partial charge in [0.05, 0.1) is 25.5 Å². The number of methoxy groups -OCH3 is 1. The molecule has 2 atom stereocenters. The first kappa shape index (κ1) is 30.4. The number of carbonyl (C=O) groups excluding carboxylic acids is 2. The molecule has 1 heterocycles. The Kier molecular flexibility index (Phi) is 9.38. The van der Waals surface area contributed by atoms with Crippen LogP contribution in [0.15, 0.2) is 65.5 Å². The molecule has 3 aromatic rings. The van der Waals surface area contributed by atoms with Crippen LogP contribution in [0.1, 0.15) is 41.6 Å². The molecule has 0 radical (unpaired) electrons. The highest BCUT2D eigenvalue weighted by molar-refractivity contribution is 5.96. The fourth-order valence-electron chi connectivity index (χ4n) is 3.95. The van der Waals surface area contributed by atoms with Gasteiger partial charge in [-0.05, 0) is 41.3 Å². The standard InChI is InChI=1S/C27H25F6N3O4/c1-16(26(28,29)30)24(25(39)34-20-5-3-4-17(14-20)8-13-23(38)40-2)19-9-6-18(7-10-19)15-36-22(37)12-11-21(35-36)27(31,32)33/h3-7,9-12,14,16,24H,8,13,15H2,1-2H3,(H,34,39). The monoisotopic (exact) mass is 569 g/mol. The highest BCUT2D eigenvalue weighted by Gasteiger charge is 2.45. The quantitative estimate of drug-likeness (QED) is 0.278. The molecular formula is C27H25F6N3O4.